The molecule has 1 amide bonds. The number of nitrogens with zero attached hydrogens (tertiary/aromatic N) is 1. The number of carbonyl (C=O) groups excluding carboxylic acids is 1. The zero-order valence-electron chi connectivity index (χ0n) is 9.89. The first-order valence-electron chi connectivity index (χ1n) is 5.61. The van der Waals surface area contributed by atoms with Crippen LogP contribution in [-0.4, -0.2) is 16.9 Å². The fourth-order valence-electron chi connectivity index (χ4n) is 1.61. The Balaban J connectivity index is 1.95. The number of pyridine rings is 1. The second-order valence-electron chi connectivity index (χ2n) is 4.00. The van der Waals surface area contributed by atoms with Gasteiger partial charge < -0.3 is 5.32 Å². The lowest BCUT2D eigenvalue weighted by Gasteiger charge is -2.12. The molecule has 94 valence electrons. The van der Waals surface area contributed by atoms with Crippen molar-refractivity contribution in [1.82, 2.24) is 10.3 Å². The van der Waals surface area contributed by atoms with Gasteiger partial charge >= 0.3 is 0 Å². The third-order valence-electron chi connectivity index (χ3n) is 2.41. The number of nitrogens with one attached hydrogen (secondary N) is 1. The third kappa shape index (κ3) is 3.55. The van der Waals surface area contributed by atoms with Crippen LogP contribution in [0.3, 0.4) is 0 Å². The predicted molar refractivity (Wildman–Crippen MR) is 74.2 cm³/mol. The molecule has 0 saturated heterocycles. The van der Waals surface area contributed by atoms with Crippen LogP contribution in [0.5, 0.6) is 0 Å². The van der Waals surface area contributed by atoms with Crippen LogP contribution in [0.25, 0.3) is 0 Å². The predicted octanol–water partition coefficient (Wildman–Crippen LogP) is 3.16. The highest BCUT2D eigenvalue weighted by molar-refractivity contribution is 7.09. The Bertz CT molecular complexity index is 528. The molecular formula is C13H13ClN2OS. The molecule has 2 aromatic heterocycles. The minimum absolute atomic E-state index is 0.0666. The zero-order valence-corrected chi connectivity index (χ0v) is 11.5. The van der Waals surface area contributed by atoms with Gasteiger partial charge in [0.1, 0.15) is 10.8 Å². The van der Waals surface area contributed by atoms with Crippen molar-refractivity contribution in [2.75, 3.05) is 0 Å². The normalized spacial score (nSPS) is 12.1. The number of aromatic nitrogens is 1. The van der Waals surface area contributed by atoms with Crippen molar-refractivity contribution in [2.24, 2.45) is 0 Å². The molecule has 2 heterocycles. The number of carbonyl (C=O) groups is 1. The van der Waals surface area contributed by atoms with Crippen LogP contribution in [0.15, 0.2) is 35.7 Å². The molecule has 0 aromatic carbocycles. The highest BCUT2D eigenvalue weighted by Crippen LogP contribution is 2.11. The minimum Gasteiger partial charge on any atom is -0.348 e. The number of hydrogen-bond donors (Lipinski definition) is 1. The molecule has 0 bridgehead atoms. The van der Waals surface area contributed by atoms with Gasteiger partial charge in [-0.05, 0) is 30.5 Å². The topological polar surface area (TPSA) is 42.0 Å². The van der Waals surface area contributed by atoms with Crippen molar-refractivity contribution in [1.29, 1.82) is 0 Å². The average molecular weight is 281 g/mol. The maximum absolute atomic E-state index is 11.9. The number of amides is 1. The van der Waals surface area contributed by atoms with Gasteiger partial charge in [0.2, 0.25) is 0 Å². The molecule has 1 unspecified atom stereocenters. The quantitative estimate of drug-likeness (QED) is 0.874. The van der Waals surface area contributed by atoms with Gasteiger partial charge in [-0.3, -0.25) is 4.79 Å². The lowest BCUT2D eigenvalue weighted by Crippen LogP contribution is -2.34. The highest BCUT2D eigenvalue weighted by atomic mass is 35.5. The van der Waals surface area contributed by atoms with Gasteiger partial charge in [0.25, 0.3) is 5.91 Å². The number of thiophene rings is 1. The SMILES string of the molecule is CC(Cc1cccs1)NC(=O)c1cccc(Cl)n1. The molecular weight excluding hydrogens is 268 g/mol. The van der Waals surface area contributed by atoms with E-state index in [0.717, 1.165) is 6.42 Å². The maximum Gasteiger partial charge on any atom is 0.270 e. The van der Waals surface area contributed by atoms with Gasteiger partial charge in [-0.25, -0.2) is 4.98 Å². The van der Waals surface area contributed by atoms with Gasteiger partial charge in [-0.2, -0.15) is 0 Å². The first kappa shape index (κ1) is 13.1. The molecule has 0 spiro atoms. The monoisotopic (exact) mass is 280 g/mol. The fraction of sp³-hybridized carbons (Fsp3) is 0.231. The largest absolute Gasteiger partial charge is 0.348 e. The molecule has 3 nitrogen and oxygen atoms in total. The molecule has 0 aliphatic carbocycles. The van der Waals surface area contributed by atoms with Crippen molar-refractivity contribution in [3.8, 4) is 0 Å². The zero-order chi connectivity index (χ0) is 13.0. The number of rotatable bonds is 4. The van der Waals surface area contributed by atoms with Crippen molar-refractivity contribution in [3.63, 3.8) is 0 Å². The number of halogens is 1. The Morgan fingerprint density at radius 1 is 1.44 bits per heavy atom. The molecule has 0 aliphatic rings. The van der Waals surface area contributed by atoms with Crippen molar-refractivity contribution < 1.29 is 4.79 Å². The summed E-state index contributed by atoms with van der Waals surface area (Å²) in [7, 11) is 0. The molecule has 5 heteroatoms. The maximum atomic E-state index is 11.9. The number of hydrogen-bond acceptors (Lipinski definition) is 3. The molecule has 0 radical (unpaired) electrons. The molecule has 18 heavy (non-hydrogen) atoms. The summed E-state index contributed by atoms with van der Waals surface area (Å²) in [6, 6.07) is 9.15. The first-order valence-corrected chi connectivity index (χ1v) is 6.86. The van der Waals surface area contributed by atoms with E-state index < -0.39 is 0 Å². The third-order valence-corrected chi connectivity index (χ3v) is 3.52. The Morgan fingerprint density at radius 3 is 2.94 bits per heavy atom. The lowest BCUT2D eigenvalue weighted by molar-refractivity contribution is 0.0935. The van der Waals surface area contributed by atoms with E-state index in [9.17, 15) is 4.79 Å². The van der Waals surface area contributed by atoms with Gasteiger partial charge in [-0.1, -0.05) is 23.7 Å². The molecule has 0 saturated carbocycles. The van der Waals surface area contributed by atoms with Crippen LogP contribution in [0.4, 0.5) is 0 Å². The van der Waals surface area contributed by atoms with Crippen LogP contribution in [0, 0.1) is 0 Å². The van der Waals surface area contributed by atoms with Gasteiger partial charge in [0, 0.05) is 17.3 Å². The molecule has 2 aromatic rings. The van der Waals surface area contributed by atoms with Crippen LogP contribution >= 0.6 is 22.9 Å². The summed E-state index contributed by atoms with van der Waals surface area (Å²) in [6.45, 7) is 1.97. The molecule has 1 atom stereocenters. The van der Waals surface area contributed by atoms with Crippen molar-refractivity contribution in [3.05, 3.63) is 51.4 Å². The summed E-state index contributed by atoms with van der Waals surface area (Å²) in [4.78, 5) is 17.1. The van der Waals surface area contributed by atoms with Crippen molar-refractivity contribution >= 4 is 28.8 Å². The van der Waals surface area contributed by atoms with E-state index >= 15 is 0 Å². The fourth-order valence-corrected chi connectivity index (χ4v) is 2.61. The van der Waals surface area contributed by atoms with Crippen LogP contribution in [0.2, 0.25) is 5.15 Å². The Hall–Kier alpha value is -1.39. The molecule has 2 rings (SSSR count). The van der Waals surface area contributed by atoms with E-state index in [4.69, 9.17) is 11.6 Å². The molecule has 1 N–H and O–H groups in total. The van der Waals surface area contributed by atoms with E-state index in [2.05, 4.69) is 16.4 Å². The second-order valence-corrected chi connectivity index (χ2v) is 5.42. The Labute approximate surface area is 115 Å². The van der Waals surface area contributed by atoms with Crippen molar-refractivity contribution in [2.45, 2.75) is 19.4 Å². The Morgan fingerprint density at radius 2 is 2.28 bits per heavy atom. The summed E-state index contributed by atoms with van der Waals surface area (Å²) in [5, 5.41) is 5.27. The van der Waals surface area contributed by atoms with Gasteiger partial charge in [-0.15, -0.1) is 11.3 Å². The summed E-state index contributed by atoms with van der Waals surface area (Å²) in [5.74, 6) is -0.193. The molecule has 0 fully saturated rings. The minimum atomic E-state index is -0.193. The van der Waals surface area contributed by atoms with Gasteiger partial charge in [0.15, 0.2) is 0 Å². The summed E-state index contributed by atoms with van der Waals surface area (Å²) >= 11 is 7.44. The summed E-state index contributed by atoms with van der Waals surface area (Å²) in [5.41, 5.74) is 0.348. The summed E-state index contributed by atoms with van der Waals surface area (Å²) < 4.78 is 0. The van der Waals surface area contributed by atoms with E-state index in [1.54, 1.807) is 29.5 Å². The van der Waals surface area contributed by atoms with E-state index in [0.29, 0.717) is 10.8 Å². The first-order chi connectivity index (χ1) is 8.65. The van der Waals surface area contributed by atoms with Crippen LogP contribution < -0.4 is 5.32 Å². The average Bonchev–Trinajstić information content (AvgIpc) is 2.81. The van der Waals surface area contributed by atoms with E-state index in [-0.39, 0.29) is 11.9 Å². The second kappa shape index (κ2) is 5.98. The van der Waals surface area contributed by atoms with Crippen LogP contribution in [-0.2, 0) is 6.42 Å². The summed E-state index contributed by atoms with van der Waals surface area (Å²) in [6.07, 6.45) is 0.823. The smallest absolute Gasteiger partial charge is 0.270 e. The van der Waals surface area contributed by atoms with E-state index in [1.165, 1.54) is 4.88 Å². The molecule has 0 aliphatic heterocycles. The van der Waals surface area contributed by atoms with E-state index in [1.807, 2.05) is 18.4 Å². The Kier molecular flexibility index (Phi) is 4.33. The highest BCUT2D eigenvalue weighted by Gasteiger charge is 2.12. The van der Waals surface area contributed by atoms with Gasteiger partial charge in [0.05, 0.1) is 0 Å². The van der Waals surface area contributed by atoms with Crippen LogP contribution in [0.1, 0.15) is 22.3 Å². The lowest BCUT2D eigenvalue weighted by atomic mass is 10.2. The standard InChI is InChI=1S/C13H13ClN2OS/c1-9(8-10-4-3-7-18-10)15-13(17)11-5-2-6-12(14)16-11/h2-7,9H,8H2,1H3,(H,15,17).